The molecule has 0 amide bonds. The molecule has 0 aromatic heterocycles. The van der Waals surface area contributed by atoms with E-state index in [0.29, 0.717) is 13.2 Å². The molecule has 20 heavy (non-hydrogen) atoms. The Morgan fingerprint density at radius 3 is 2.15 bits per heavy atom. The van der Waals surface area contributed by atoms with Gasteiger partial charge in [0.05, 0.1) is 0 Å². The van der Waals surface area contributed by atoms with E-state index < -0.39 is 11.5 Å². The molecule has 1 aromatic carbocycles. The van der Waals surface area contributed by atoms with Crippen LogP contribution in [0.4, 0.5) is 0 Å². The van der Waals surface area contributed by atoms with Gasteiger partial charge in [-0.15, -0.1) is 0 Å². The molecule has 0 spiro atoms. The first-order chi connectivity index (χ1) is 9.13. The number of carboxylic acid groups (broad SMARTS) is 1. The Morgan fingerprint density at radius 1 is 1.15 bits per heavy atom. The molecule has 0 aliphatic carbocycles. The lowest BCUT2D eigenvalue weighted by atomic mass is 9.87. The predicted molar refractivity (Wildman–Crippen MR) is 80.4 cm³/mol. The Kier molecular flexibility index (Phi) is 5.17. The van der Waals surface area contributed by atoms with Crippen LogP contribution in [-0.4, -0.2) is 29.8 Å². The molecule has 112 valence electrons. The van der Waals surface area contributed by atoms with Crippen LogP contribution in [0, 0.1) is 0 Å². The van der Waals surface area contributed by atoms with Gasteiger partial charge in [-0.3, -0.25) is 10.1 Å². The van der Waals surface area contributed by atoms with Gasteiger partial charge in [0.2, 0.25) is 0 Å². The molecule has 0 saturated carbocycles. The highest BCUT2D eigenvalue weighted by Gasteiger charge is 2.25. The van der Waals surface area contributed by atoms with E-state index in [-0.39, 0.29) is 5.41 Å². The van der Waals surface area contributed by atoms with Crippen molar-refractivity contribution in [2.24, 2.45) is 0 Å². The Labute approximate surface area is 121 Å². The molecule has 0 heterocycles. The van der Waals surface area contributed by atoms with Crippen LogP contribution in [0.2, 0.25) is 0 Å². The fourth-order valence-electron chi connectivity index (χ4n) is 1.66. The van der Waals surface area contributed by atoms with Crippen molar-refractivity contribution in [3.05, 3.63) is 29.8 Å². The molecular weight excluding hydrogens is 254 g/mol. The summed E-state index contributed by atoms with van der Waals surface area (Å²) in [5.41, 5.74) is 0.459. The van der Waals surface area contributed by atoms with Crippen molar-refractivity contribution in [2.75, 3.05) is 13.2 Å². The number of ether oxygens (including phenoxy) is 1. The summed E-state index contributed by atoms with van der Waals surface area (Å²) in [6.07, 6.45) is 0. The van der Waals surface area contributed by atoms with Crippen molar-refractivity contribution < 1.29 is 14.6 Å². The molecule has 4 nitrogen and oxygen atoms in total. The van der Waals surface area contributed by atoms with Crippen molar-refractivity contribution in [1.82, 2.24) is 5.32 Å². The normalized spacial score (nSPS) is 12.2. The monoisotopic (exact) mass is 279 g/mol. The lowest BCUT2D eigenvalue weighted by molar-refractivity contribution is -0.143. The maximum absolute atomic E-state index is 10.9. The van der Waals surface area contributed by atoms with Gasteiger partial charge in [-0.05, 0) is 37.0 Å². The van der Waals surface area contributed by atoms with Crippen LogP contribution in [-0.2, 0) is 10.2 Å². The smallest absolute Gasteiger partial charge is 0.323 e. The first-order valence-electron chi connectivity index (χ1n) is 6.85. The molecule has 0 radical (unpaired) electrons. The maximum atomic E-state index is 10.9. The van der Waals surface area contributed by atoms with Crippen molar-refractivity contribution in [1.29, 1.82) is 0 Å². The van der Waals surface area contributed by atoms with Crippen molar-refractivity contribution in [2.45, 2.75) is 45.6 Å². The van der Waals surface area contributed by atoms with Crippen LogP contribution in [0.5, 0.6) is 5.75 Å². The van der Waals surface area contributed by atoms with Crippen LogP contribution in [0.1, 0.15) is 40.2 Å². The van der Waals surface area contributed by atoms with E-state index in [1.807, 2.05) is 12.1 Å². The van der Waals surface area contributed by atoms with Gasteiger partial charge in [-0.25, -0.2) is 0 Å². The topological polar surface area (TPSA) is 58.6 Å². The summed E-state index contributed by atoms with van der Waals surface area (Å²) in [4.78, 5) is 10.9. The molecule has 0 saturated heterocycles. The summed E-state index contributed by atoms with van der Waals surface area (Å²) in [5, 5.41) is 11.9. The molecular formula is C16H25NO3. The van der Waals surface area contributed by atoms with Gasteiger partial charge < -0.3 is 9.84 Å². The molecule has 0 aliphatic heterocycles. The molecule has 0 unspecified atom stereocenters. The van der Waals surface area contributed by atoms with Crippen LogP contribution in [0.25, 0.3) is 0 Å². The van der Waals surface area contributed by atoms with E-state index in [1.165, 1.54) is 5.56 Å². The summed E-state index contributed by atoms with van der Waals surface area (Å²) in [5.74, 6) is -0.0695. The van der Waals surface area contributed by atoms with Crippen LogP contribution in [0.15, 0.2) is 24.3 Å². The van der Waals surface area contributed by atoms with Crippen molar-refractivity contribution in [3.8, 4) is 5.75 Å². The molecule has 0 atom stereocenters. The van der Waals surface area contributed by atoms with Crippen molar-refractivity contribution >= 4 is 5.97 Å². The van der Waals surface area contributed by atoms with E-state index in [2.05, 4.69) is 38.2 Å². The Morgan fingerprint density at radius 2 is 1.70 bits per heavy atom. The number of carbonyl (C=O) groups is 1. The zero-order valence-electron chi connectivity index (χ0n) is 13.0. The summed E-state index contributed by atoms with van der Waals surface area (Å²) in [6, 6.07) is 8.01. The first-order valence-corrected chi connectivity index (χ1v) is 6.85. The van der Waals surface area contributed by atoms with E-state index in [4.69, 9.17) is 9.84 Å². The number of carboxylic acids is 1. The molecule has 0 bridgehead atoms. The first kappa shape index (κ1) is 16.5. The fourth-order valence-corrected chi connectivity index (χ4v) is 1.66. The molecule has 4 heteroatoms. The van der Waals surface area contributed by atoms with E-state index in [9.17, 15) is 4.79 Å². The summed E-state index contributed by atoms with van der Waals surface area (Å²) in [6.45, 7) is 10.7. The third-order valence-electron chi connectivity index (χ3n) is 3.19. The summed E-state index contributed by atoms with van der Waals surface area (Å²) < 4.78 is 5.59. The SMILES string of the molecule is CC(C)(NCCOc1ccc(C(C)(C)C)cc1)C(=O)O. The highest BCUT2D eigenvalue weighted by Crippen LogP contribution is 2.24. The Hall–Kier alpha value is -1.55. The predicted octanol–water partition coefficient (Wildman–Crippen LogP) is 2.82. The van der Waals surface area contributed by atoms with Gasteiger partial charge in [0, 0.05) is 6.54 Å². The molecule has 2 N–H and O–H groups in total. The number of hydrogen-bond donors (Lipinski definition) is 2. The van der Waals surface area contributed by atoms with Crippen LogP contribution in [0.3, 0.4) is 0 Å². The number of aliphatic carboxylic acids is 1. The Bertz CT molecular complexity index is 444. The van der Waals surface area contributed by atoms with E-state index in [1.54, 1.807) is 13.8 Å². The second kappa shape index (κ2) is 6.27. The van der Waals surface area contributed by atoms with Gasteiger partial charge >= 0.3 is 5.97 Å². The van der Waals surface area contributed by atoms with E-state index >= 15 is 0 Å². The average molecular weight is 279 g/mol. The van der Waals surface area contributed by atoms with Crippen LogP contribution >= 0.6 is 0 Å². The fraction of sp³-hybridized carbons (Fsp3) is 0.562. The molecule has 1 aromatic rings. The molecule has 1 rings (SSSR count). The van der Waals surface area contributed by atoms with Gasteiger partial charge in [-0.1, -0.05) is 32.9 Å². The van der Waals surface area contributed by atoms with Crippen molar-refractivity contribution in [3.63, 3.8) is 0 Å². The Balaban J connectivity index is 2.42. The second-order valence-corrected chi connectivity index (χ2v) is 6.48. The minimum atomic E-state index is -0.931. The number of nitrogens with one attached hydrogen (secondary N) is 1. The standard InChI is InChI=1S/C16H25NO3/c1-15(2,3)12-6-8-13(9-7-12)20-11-10-17-16(4,5)14(18)19/h6-9,17H,10-11H2,1-5H3,(H,18,19). The summed E-state index contributed by atoms with van der Waals surface area (Å²) >= 11 is 0. The van der Waals surface area contributed by atoms with Gasteiger partial charge in [0.15, 0.2) is 0 Å². The quantitative estimate of drug-likeness (QED) is 0.786. The van der Waals surface area contributed by atoms with Gasteiger partial charge in [0.1, 0.15) is 17.9 Å². The van der Waals surface area contributed by atoms with Gasteiger partial charge in [-0.2, -0.15) is 0 Å². The average Bonchev–Trinajstić information content (AvgIpc) is 2.34. The largest absolute Gasteiger partial charge is 0.492 e. The highest BCUT2D eigenvalue weighted by atomic mass is 16.5. The second-order valence-electron chi connectivity index (χ2n) is 6.48. The third-order valence-corrected chi connectivity index (χ3v) is 3.19. The number of rotatable bonds is 6. The minimum absolute atomic E-state index is 0.131. The minimum Gasteiger partial charge on any atom is -0.492 e. The third kappa shape index (κ3) is 4.85. The van der Waals surface area contributed by atoms with Gasteiger partial charge in [0.25, 0.3) is 0 Å². The maximum Gasteiger partial charge on any atom is 0.323 e. The molecule has 0 aliphatic rings. The zero-order valence-corrected chi connectivity index (χ0v) is 13.0. The number of benzene rings is 1. The highest BCUT2D eigenvalue weighted by molar-refractivity contribution is 5.77. The lowest BCUT2D eigenvalue weighted by Gasteiger charge is -2.21. The van der Waals surface area contributed by atoms with E-state index in [0.717, 1.165) is 5.75 Å². The molecule has 0 fully saturated rings. The zero-order chi connectivity index (χ0) is 15.4. The summed E-state index contributed by atoms with van der Waals surface area (Å²) in [7, 11) is 0. The lowest BCUT2D eigenvalue weighted by Crippen LogP contribution is -2.48. The number of hydrogen-bond acceptors (Lipinski definition) is 3. The van der Waals surface area contributed by atoms with Crippen LogP contribution < -0.4 is 10.1 Å².